The van der Waals surface area contributed by atoms with Gasteiger partial charge in [-0.1, -0.05) is 77.5 Å². The number of unbranched alkanes of at least 4 members (excludes halogenated alkanes) is 6. The van der Waals surface area contributed by atoms with Crippen molar-refractivity contribution in [1.29, 1.82) is 0 Å². The van der Waals surface area contributed by atoms with Gasteiger partial charge in [-0.15, -0.1) is 0 Å². The summed E-state index contributed by atoms with van der Waals surface area (Å²) in [5.41, 5.74) is 4.88. The zero-order valence-corrected chi connectivity index (χ0v) is 15.1. The SMILES string of the molecule is Cc1ccc(CCCCCCCCCC(C)(C)C)cc1C. The highest BCUT2D eigenvalue weighted by Gasteiger charge is 2.08. The van der Waals surface area contributed by atoms with Crippen molar-refractivity contribution in [1.82, 2.24) is 0 Å². The maximum Gasteiger partial charge on any atom is -0.0279 e. The molecule has 0 aliphatic rings. The highest BCUT2D eigenvalue weighted by molar-refractivity contribution is 5.29. The van der Waals surface area contributed by atoms with E-state index in [0.717, 1.165) is 0 Å². The maximum atomic E-state index is 2.36. The first-order chi connectivity index (χ1) is 9.88. The lowest BCUT2D eigenvalue weighted by Gasteiger charge is -2.17. The van der Waals surface area contributed by atoms with Gasteiger partial charge in [-0.2, -0.15) is 0 Å². The summed E-state index contributed by atoms with van der Waals surface area (Å²) in [5.74, 6) is 0. The summed E-state index contributed by atoms with van der Waals surface area (Å²) in [7, 11) is 0. The normalized spacial score (nSPS) is 11.9. The zero-order chi connectivity index (χ0) is 15.7. The van der Waals surface area contributed by atoms with Crippen LogP contribution in [0.5, 0.6) is 0 Å². The van der Waals surface area contributed by atoms with Crippen LogP contribution in [-0.4, -0.2) is 0 Å². The van der Waals surface area contributed by atoms with Gasteiger partial charge in [0.1, 0.15) is 0 Å². The third-order valence-electron chi connectivity index (χ3n) is 4.46. The predicted molar refractivity (Wildman–Crippen MR) is 96.0 cm³/mol. The van der Waals surface area contributed by atoms with Crippen molar-refractivity contribution in [2.45, 2.75) is 92.4 Å². The van der Waals surface area contributed by atoms with E-state index in [1.165, 1.54) is 74.5 Å². The first-order valence-corrected chi connectivity index (χ1v) is 8.95. The first-order valence-electron chi connectivity index (χ1n) is 8.95. The summed E-state index contributed by atoms with van der Waals surface area (Å²) >= 11 is 0. The smallest absolute Gasteiger partial charge is 0.0279 e. The van der Waals surface area contributed by atoms with Crippen molar-refractivity contribution in [2.24, 2.45) is 5.41 Å². The molecule has 0 heteroatoms. The number of rotatable bonds is 9. The predicted octanol–water partition coefficient (Wildman–Crippen LogP) is 7.01. The quantitative estimate of drug-likeness (QED) is 0.428. The Hall–Kier alpha value is -0.780. The monoisotopic (exact) mass is 288 g/mol. The molecule has 0 N–H and O–H groups in total. The molecule has 0 spiro atoms. The van der Waals surface area contributed by atoms with E-state index in [1.807, 2.05) is 0 Å². The molecular formula is C21H36. The van der Waals surface area contributed by atoms with Crippen molar-refractivity contribution >= 4 is 0 Å². The van der Waals surface area contributed by atoms with E-state index in [0.29, 0.717) is 5.41 Å². The van der Waals surface area contributed by atoms with Crippen molar-refractivity contribution in [3.05, 3.63) is 34.9 Å². The number of hydrogen-bond donors (Lipinski definition) is 0. The van der Waals surface area contributed by atoms with Gasteiger partial charge in [-0.05, 0) is 55.2 Å². The third-order valence-corrected chi connectivity index (χ3v) is 4.46. The van der Waals surface area contributed by atoms with E-state index in [1.54, 1.807) is 0 Å². The third kappa shape index (κ3) is 8.96. The highest BCUT2D eigenvalue weighted by Crippen LogP contribution is 2.22. The van der Waals surface area contributed by atoms with E-state index < -0.39 is 0 Å². The van der Waals surface area contributed by atoms with Crippen LogP contribution in [0.3, 0.4) is 0 Å². The Labute approximate surface area is 133 Å². The molecule has 21 heavy (non-hydrogen) atoms. The van der Waals surface area contributed by atoms with Crippen LogP contribution in [0.1, 0.15) is 88.8 Å². The van der Waals surface area contributed by atoms with Gasteiger partial charge in [0.05, 0.1) is 0 Å². The molecule has 120 valence electrons. The average molecular weight is 289 g/mol. The van der Waals surface area contributed by atoms with Crippen LogP contribution < -0.4 is 0 Å². The molecule has 0 unspecified atom stereocenters. The Kier molecular flexibility index (Phi) is 8.07. The van der Waals surface area contributed by atoms with E-state index in [4.69, 9.17) is 0 Å². The minimum atomic E-state index is 0.520. The Bertz CT molecular complexity index is 395. The lowest BCUT2D eigenvalue weighted by atomic mass is 9.89. The second-order valence-corrected chi connectivity index (χ2v) is 7.95. The van der Waals surface area contributed by atoms with Crippen LogP contribution in [-0.2, 0) is 6.42 Å². The fraction of sp³-hybridized carbons (Fsp3) is 0.714. The first kappa shape index (κ1) is 18.3. The fourth-order valence-corrected chi connectivity index (χ4v) is 2.83. The molecule has 0 bridgehead atoms. The summed E-state index contributed by atoms with van der Waals surface area (Å²) in [6.45, 7) is 11.5. The fourth-order valence-electron chi connectivity index (χ4n) is 2.83. The maximum absolute atomic E-state index is 2.36. The van der Waals surface area contributed by atoms with Crippen molar-refractivity contribution in [3.63, 3.8) is 0 Å². The second kappa shape index (κ2) is 9.28. The molecule has 0 aliphatic heterocycles. The van der Waals surface area contributed by atoms with Crippen LogP contribution in [0.4, 0.5) is 0 Å². The molecule has 0 radical (unpaired) electrons. The molecule has 0 aromatic heterocycles. The summed E-state index contributed by atoms with van der Waals surface area (Å²) in [4.78, 5) is 0. The number of benzene rings is 1. The van der Waals surface area contributed by atoms with Gasteiger partial charge in [0.2, 0.25) is 0 Å². The van der Waals surface area contributed by atoms with E-state index in [2.05, 4.69) is 52.8 Å². The number of hydrogen-bond acceptors (Lipinski definition) is 0. The minimum absolute atomic E-state index is 0.520. The molecule has 1 aromatic carbocycles. The standard InChI is InChI=1S/C21H36/c1-18-14-15-20(17-19(18)2)13-11-9-7-6-8-10-12-16-21(3,4)5/h14-15,17H,6-13,16H2,1-5H3. The molecule has 0 nitrogen and oxygen atoms in total. The summed E-state index contributed by atoms with van der Waals surface area (Å²) in [5, 5.41) is 0. The average Bonchev–Trinajstić information content (AvgIpc) is 2.39. The second-order valence-electron chi connectivity index (χ2n) is 7.95. The summed E-state index contributed by atoms with van der Waals surface area (Å²) in [6, 6.07) is 6.93. The van der Waals surface area contributed by atoms with Crippen molar-refractivity contribution < 1.29 is 0 Å². The van der Waals surface area contributed by atoms with Crippen LogP contribution >= 0.6 is 0 Å². The Morgan fingerprint density at radius 1 is 0.714 bits per heavy atom. The topological polar surface area (TPSA) is 0 Å². The van der Waals surface area contributed by atoms with Gasteiger partial charge in [0, 0.05) is 0 Å². The van der Waals surface area contributed by atoms with Gasteiger partial charge >= 0.3 is 0 Å². The molecular weight excluding hydrogens is 252 g/mol. The highest BCUT2D eigenvalue weighted by atomic mass is 14.1. The van der Waals surface area contributed by atoms with Crippen LogP contribution in [0.25, 0.3) is 0 Å². The van der Waals surface area contributed by atoms with E-state index >= 15 is 0 Å². The molecule has 0 fully saturated rings. The molecule has 0 aliphatic carbocycles. The van der Waals surface area contributed by atoms with Gasteiger partial charge < -0.3 is 0 Å². The largest absolute Gasteiger partial charge is 0.0602 e. The molecule has 0 saturated heterocycles. The molecule has 1 aromatic rings. The molecule has 0 heterocycles. The van der Waals surface area contributed by atoms with Crippen LogP contribution in [0.15, 0.2) is 18.2 Å². The van der Waals surface area contributed by atoms with Crippen molar-refractivity contribution in [3.8, 4) is 0 Å². The van der Waals surface area contributed by atoms with Gasteiger partial charge in [0.15, 0.2) is 0 Å². The molecule has 0 amide bonds. The van der Waals surface area contributed by atoms with E-state index in [9.17, 15) is 0 Å². The van der Waals surface area contributed by atoms with Crippen LogP contribution in [0.2, 0.25) is 0 Å². The molecule has 0 atom stereocenters. The summed E-state index contributed by atoms with van der Waals surface area (Å²) < 4.78 is 0. The van der Waals surface area contributed by atoms with Gasteiger partial charge in [-0.3, -0.25) is 0 Å². The van der Waals surface area contributed by atoms with Gasteiger partial charge in [0.25, 0.3) is 0 Å². The van der Waals surface area contributed by atoms with Crippen LogP contribution in [0, 0.1) is 19.3 Å². The van der Waals surface area contributed by atoms with E-state index in [-0.39, 0.29) is 0 Å². The molecule has 0 saturated carbocycles. The lowest BCUT2D eigenvalue weighted by molar-refractivity contribution is 0.356. The Balaban J connectivity index is 1.98. The number of aryl methyl sites for hydroxylation is 3. The van der Waals surface area contributed by atoms with Crippen molar-refractivity contribution in [2.75, 3.05) is 0 Å². The Morgan fingerprint density at radius 2 is 1.29 bits per heavy atom. The summed E-state index contributed by atoms with van der Waals surface area (Å²) in [6.07, 6.45) is 12.5. The van der Waals surface area contributed by atoms with Gasteiger partial charge in [-0.25, -0.2) is 0 Å². The minimum Gasteiger partial charge on any atom is -0.0602 e. The molecule has 1 rings (SSSR count). The zero-order valence-electron chi connectivity index (χ0n) is 15.1. The lowest BCUT2D eigenvalue weighted by Crippen LogP contribution is -2.03. The Morgan fingerprint density at radius 3 is 1.86 bits per heavy atom.